The van der Waals surface area contributed by atoms with Gasteiger partial charge in [0.15, 0.2) is 5.96 Å². The summed E-state index contributed by atoms with van der Waals surface area (Å²) in [7, 11) is 0. The molecule has 2 rings (SSSR count). The number of hydrogen-bond acceptors (Lipinski definition) is 4. The molecule has 30 heavy (non-hydrogen) atoms. The second kappa shape index (κ2) is 11.8. The lowest BCUT2D eigenvalue weighted by molar-refractivity contribution is 0.0529. The number of alkyl carbamates (subject to hydrolysis) is 1. The minimum Gasteiger partial charge on any atom is -0.444 e. The van der Waals surface area contributed by atoms with E-state index in [1.54, 1.807) is 0 Å². The number of benzene rings is 1. The predicted molar refractivity (Wildman–Crippen MR) is 123 cm³/mol. The average molecular weight is 418 g/mol. The zero-order valence-corrected chi connectivity index (χ0v) is 19.2. The first kappa shape index (κ1) is 24.0. The number of guanidine groups is 1. The Labute approximate surface area is 181 Å². The van der Waals surface area contributed by atoms with Crippen LogP contribution in [0.3, 0.4) is 0 Å². The van der Waals surface area contributed by atoms with Gasteiger partial charge in [0, 0.05) is 38.3 Å². The summed E-state index contributed by atoms with van der Waals surface area (Å²) in [6, 6.07) is 11.6. The number of nitrogens with one attached hydrogen (secondary N) is 3. The van der Waals surface area contributed by atoms with Crippen molar-refractivity contribution in [2.24, 2.45) is 4.99 Å². The van der Waals surface area contributed by atoms with Crippen molar-refractivity contribution in [1.82, 2.24) is 20.9 Å². The van der Waals surface area contributed by atoms with Crippen LogP contribution in [0.2, 0.25) is 0 Å². The van der Waals surface area contributed by atoms with Gasteiger partial charge in [-0.05, 0) is 53.0 Å². The fraction of sp³-hybridized carbons (Fsp3) is 0.652. The second-order valence-electron chi connectivity index (χ2n) is 8.86. The summed E-state index contributed by atoms with van der Waals surface area (Å²) in [5, 5.41) is 9.62. The van der Waals surface area contributed by atoms with Crippen molar-refractivity contribution in [1.29, 1.82) is 0 Å². The summed E-state index contributed by atoms with van der Waals surface area (Å²) in [5.41, 5.74) is 0.874. The van der Waals surface area contributed by atoms with E-state index in [2.05, 4.69) is 70.0 Å². The number of nitrogens with zero attached hydrogens (tertiary/aromatic N) is 2. The topological polar surface area (TPSA) is 78.0 Å². The number of carbonyl (C=O) groups excluding carboxylic acids is 1. The number of piperidine rings is 1. The maximum absolute atomic E-state index is 11.7. The summed E-state index contributed by atoms with van der Waals surface area (Å²) < 4.78 is 5.24. The number of hydrogen-bond donors (Lipinski definition) is 3. The zero-order chi connectivity index (χ0) is 22.0. The van der Waals surface area contributed by atoms with Gasteiger partial charge in [0.25, 0.3) is 0 Å². The Morgan fingerprint density at radius 1 is 1.23 bits per heavy atom. The Morgan fingerprint density at radius 2 is 1.97 bits per heavy atom. The molecule has 0 aromatic heterocycles. The van der Waals surface area contributed by atoms with Crippen molar-refractivity contribution in [2.45, 2.75) is 71.7 Å². The van der Waals surface area contributed by atoms with E-state index >= 15 is 0 Å². The van der Waals surface area contributed by atoms with Gasteiger partial charge in [0.1, 0.15) is 5.60 Å². The highest BCUT2D eigenvalue weighted by Gasteiger charge is 2.26. The molecule has 3 N–H and O–H groups in total. The van der Waals surface area contributed by atoms with Crippen LogP contribution in [0.4, 0.5) is 4.79 Å². The van der Waals surface area contributed by atoms with Crippen LogP contribution in [0.25, 0.3) is 0 Å². The van der Waals surface area contributed by atoms with Gasteiger partial charge in [0.05, 0.1) is 6.54 Å². The third-order valence-corrected chi connectivity index (χ3v) is 4.98. The van der Waals surface area contributed by atoms with E-state index in [0.717, 1.165) is 38.4 Å². The molecular weight excluding hydrogens is 378 g/mol. The van der Waals surface area contributed by atoms with Crippen molar-refractivity contribution >= 4 is 12.1 Å². The molecule has 0 radical (unpaired) electrons. The zero-order valence-electron chi connectivity index (χ0n) is 19.2. The first-order valence-electron chi connectivity index (χ1n) is 11.1. The summed E-state index contributed by atoms with van der Waals surface area (Å²) in [5.74, 6) is 0.803. The molecule has 168 valence electrons. The number of likely N-dealkylation sites (tertiary alicyclic amines) is 1. The van der Waals surface area contributed by atoms with Crippen LogP contribution in [0.5, 0.6) is 0 Å². The first-order chi connectivity index (χ1) is 14.3. The standard InChI is InChI=1S/C23H39N5O2/c1-6-24-21(25-13-14-26-22(29)30-23(3,4)5)27-20-12-15-28(18(2)16-20)17-19-10-8-7-9-11-19/h7-11,18,20H,6,12-17H2,1-5H3,(H,26,29)(H2,24,25,27). The molecule has 1 aromatic carbocycles. The third-order valence-electron chi connectivity index (χ3n) is 4.98. The molecule has 7 nitrogen and oxygen atoms in total. The molecule has 1 aromatic rings. The van der Waals surface area contributed by atoms with E-state index in [0.29, 0.717) is 25.2 Å². The smallest absolute Gasteiger partial charge is 0.407 e. The van der Waals surface area contributed by atoms with E-state index in [4.69, 9.17) is 4.74 Å². The molecule has 1 aliphatic rings. The summed E-state index contributed by atoms with van der Waals surface area (Å²) in [6.07, 6.45) is 1.75. The summed E-state index contributed by atoms with van der Waals surface area (Å²) in [4.78, 5) is 18.9. The molecule has 7 heteroatoms. The van der Waals surface area contributed by atoms with Crippen LogP contribution >= 0.6 is 0 Å². The summed E-state index contributed by atoms with van der Waals surface area (Å²) >= 11 is 0. The number of rotatable bonds is 7. The van der Waals surface area contributed by atoms with Crippen LogP contribution in [0, 0.1) is 0 Å². The molecule has 1 aliphatic heterocycles. The minimum atomic E-state index is -0.490. The van der Waals surface area contributed by atoms with Crippen LogP contribution < -0.4 is 16.0 Å². The highest BCUT2D eigenvalue weighted by Crippen LogP contribution is 2.19. The number of aliphatic imine (C=N–C) groups is 1. The van der Waals surface area contributed by atoms with Gasteiger partial charge >= 0.3 is 6.09 Å². The predicted octanol–water partition coefficient (Wildman–Crippen LogP) is 3.12. The fourth-order valence-electron chi connectivity index (χ4n) is 3.56. The molecule has 0 bridgehead atoms. The number of ether oxygens (including phenoxy) is 1. The molecule has 0 saturated carbocycles. The molecule has 2 atom stereocenters. The monoisotopic (exact) mass is 417 g/mol. The summed E-state index contributed by atoms with van der Waals surface area (Å²) in [6.45, 7) is 13.7. The SMILES string of the molecule is CCNC(=NCCNC(=O)OC(C)(C)C)NC1CCN(Cc2ccccc2)C(C)C1. The fourth-order valence-corrected chi connectivity index (χ4v) is 3.56. The lowest BCUT2D eigenvalue weighted by Crippen LogP contribution is -2.51. The Balaban J connectivity index is 1.78. The van der Waals surface area contributed by atoms with Crippen molar-refractivity contribution < 1.29 is 9.53 Å². The van der Waals surface area contributed by atoms with E-state index < -0.39 is 11.7 Å². The molecular formula is C23H39N5O2. The van der Waals surface area contributed by atoms with Crippen molar-refractivity contribution in [2.75, 3.05) is 26.2 Å². The Bertz CT molecular complexity index is 672. The second-order valence-corrected chi connectivity index (χ2v) is 8.86. The van der Waals surface area contributed by atoms with Crippen molar-refractivity contribution in [3.8, 4) is 0 Å². The normalized spacial score (nSPS) is 20.5. The van der Waals surface area contributed by atoms with Crippen LogP contribution in [-0.2, 0) is 11.3 Å². The van der Waals surface area contributed by atoms with Gasteiger partial charge in [-0.25, -0.2) is 4.79 Å². The molecule has 1 amide bonds. The van der Waals surface area contributed by atoms with Crippen LogP contribution in [0.1, 0.15) is 53.0 Å². The molecule has 0 spiro atoms. The van der Waals surface area contributed by atoms with Crippen LogP contribution in [0.15, 0.2) is 35.3 Å². The maximum atomic E-state index is 11.7. The molecule has 1 saturated heterocycles. The Kier molecular flexibility index (Phi) is 9.43. The quantitative estimate of drug-likeness (QED) is 0.361. The van der Waals surface area contributed by atoms with Gasteiger partial charge in [-0.15, -0.1) is 0 Å². The molecule has 1 fully saturated rings. The molecule has 0 aliphatic carbocycles. The van der Waals surface area contributed by atoms with Gasteiger partial charge in [-0.2, -0.15) is 0 Å². The highest BCUT2D eigenvalue weighted by molar-refractivity contribution is 5.80. The van der Waals surface area contributed by atoms with E-state index in [-0.39, 0.29) is 0 Å². The van der Waals surface area contributed by atoms with E-state index in [9.17, 15) is 4.79 Å². The van der Waals surface area contributed by atoms with E-state index in [1.807, 2.05) is 20.8 Å². The average Bonchev–Trinajstić information content (AvgIpc) is 2.67. The Hall–Kier alpha value is -2.28. The molecule has 2 unspecified atom stereocenters. The van der Waals surface area contributed by atoms with Gasteiger partial charge in [0.2, 0.25) is 0 Å². The van der Waals surface area contributed by atoms with Crippen LogP contribution in [-0.4, -0.2) is 60.8 Å². The maximum Gasteiger partial charge on any atom is 0.407 e. The van der Waals surface area contributed by atoms with Crippen molar-refractivity contribution in [3.05, 3.63) is 35.9 Å². The van der Waals surface area contributed by atoms with Gasteiger partial charge < -0.3 is 20.7 Å². The van der Waals surface area contributed by atoms with E-state index in [1.165, 1.54) is 5.56 Å². The lowest BCUT2D eigenvalue weighted by Gasteiger charge is -2.38. The first-order valence-corrected chi connectivity index (χ1v) is 11.1. The number of carbonyl (C=O) groups is 1. The lowest BCUT2D eigenvalue weighted by atomic mass is 9.97. The van der Waals surface area contributed by atoms with Gasteiger partial charge in [-0.3, -0.25) is 9.89 Å². The third kappa shape index (κ3) is 9.03. The Morgan fingerprint density at radius 3 is 2.60 bits per heavy atom. The number of amides is 1. The van der Waals surface area contributed by atoms with Crippen molar-refractivity contribution in [3.63, 3.8) is 0 Å². The largest absolute Gasteiger partial charge is 0.444 e. The van der Waals surface area contributed by atoms with Gasteiger partial charge in [-0.1, -0.05) is 30.3 Å². The minimum absolute atomic E-state index is 0.392. The highest BCUT2D eigenvalue weighted by atomic mass is 16.6. The molecule has 1 heterocycles.